The summed E-state index contributed by atoms with van der Waals surface area (Å²) < 4.78 is 27.5. The summed E-state index contributed by atoms with van der Waals surface area (Å²) in [5.41, 5.74) is 9.34. The monoisotopic (exact) mass is 255 g/mol. The van der Waals surface area contributed by atoms with Gasteiger partial charge in [-0.25, -0.2) is 8.42 Å². The Labute approximate surface area is 102 Å². The van der Waals surface area contributed by atoms with E-state index in [1.54, 1.807) is 0 Å². The highest BCUT2D eigenvalue weighted by Gasteiger charge is 2.15. The first kappa shape index (κ1) is 12.5. The fourth-order valence-corrected chi connectivity index (χ4v) is 2.61. The van der Waals surface area contributed by atoms with Crippen LogP contribution in [0.3, 0.4) is 0 Å². The van der Waals surface area contributed by atoms with E-state index in [1.807, 2.05) is 18.2 Å². The van der Waals surface area contributed by atoms with E-state index in [0.29, 0.717) is 19.6 Å². The fourth-order valence-electron chi connectivity index (χ4n) is 1.93. The molecule has 0 fully saturated rings. The van der Waals surface area contributed by atoms with Crippen LogP contribution in [0.15, 0.2) is 18.2 Å². The lowest BCUT2D eigenvalue weighted by Gasteiger charge is -2.12. The highest BCUT2D eigenvalue weighted by molar-refractivity contribution is 7.90. The van der Waals surface area contributed by atoms with Gasteiger partial charge in [0.25, 0.3) is 0 Å². The van der Waals surface area contributed by atoms with Crippen molar-refractivity contribution in [3.05, 3.63) is 34.9 Å². The Morgan fingerprint density at radius 3 is 2.76 bits per heavy atom. The molecule has 1 aromatic carbocycles. The van der Waals surface area contributed by atoms with Crippen LogP contribution in [0.1, 0.15) is 29.2 Å². The van der Waals surface area contributed by atoms with Crippen LogP contribution in [-0.4, -0.2) is 20.4 Å². The van der Waals surface area contributed by atoms with E-state index >= 15 is 0 Å². The Kier molecular flexibility index (Phi) is 3.51. The number of fused-ring (bicyclic) bond motifs is 1. The van der Waals surface area contributed by atoms with Crippen molar-refractivity contribution >= 4 is 9.84 Å². The van der Waals surface area contributed by atoms with Crippen molar-refractivity contribution in [3.63, 3.8) is 0 Å². The summed E-state index contributed by atoms with van der Waals surface area (Å²) in [7, 11) is -2.94. The molecule has 0 amide bonds. The van der Waals surface area contributed by atoms with Crippen molar-refractivity contribution < 1.29 is 13.2 Å². The fraction of sp³-hybridized carbons (Fsp3) is 0.500. The van der Waals surface area contributed by atoms with Crippen molar-refractivity contribution in [2.75, 3.05) is 12.0 Å². The number of ether oxygens (including phenoxy) is 1. The third-order valence-electron chi connectivity index (χ3n) is 2.97. The van der Waals surface area contributed by atoms with Gasteiger partial charge in [0.05, 0.1) is 19.0 Å². The van der Waals surface area contributed by atoms with Gasteiger partial charge in [-0.1, -0.05) is 18.2 Å². The summed E-state index contributed by atoms with van der Waals surface area (Å²) in [6, 6.07) is 5.77. The largest absolute Gasteiger partial charge is 0.372 e. The lowest BCUT2D eigenvalue weighted by Crippen LogP contribution is -2.15. The molecule has 2 N–H and O–H groups in total. The third kappa shape index (κ3) is 3.28. The molecule has 0 aromatic heterocycles. The number of benzene rings is 1. The molecule has 0 radical (unpaired) electrons. The molecule has 1 aromatic rings. The van der Waals surface area contributed by atoms with Crippen LogP contribution in [0.5, 0.6) is 0 Å². The minimum absolute atomic E-state index is 0.127. The molecule has 1 unspecified atom stereocenters. The average molecular weight is 255 g/mol. The summed E-state index contributed by atoms with van der Waals surface area (Å²) in [6.07, 6.45) is 1.69. The smallest absolute Gasteiger partial charge is 0.147 e. The summed E-state index contributed by atoms with van der Waals surface area (Å²) in [5.74, 6) is 0.127. The maximum Gasteiger partial charge on any atom is 0.147 e. The van der Waals surface area contributed by atoms with E-state index < -0.39 is 9.84 Å². The number of nitrogens with two attached hydrogens (primary N) is 1. The Morgan fingerprint density at radius 2 is 2.06 bits per heavy atom. The Hall–Kier alpha value is -0.910. The zero-order valence-corrected chi connectivity index (χ0v) is 10.7. The maximum absolute atomic E-state index is 11.1. The standard InChI is InChI=1S/C12H17NO3S/c1-17(14,15)5-4-12(13)9-2-3-10-7-16-8-11(10)6-9/h2-3,6,12H,4-5,7-8,13H2,1H3. The second kappa shape index (κ2) is 4.76. The zero-order chi connectivity index (χ0) is 12.5. The van der Waals surface area contributed by atoms with Crippen LogP contribution in [0.25, 0.3) is 0 Å². The van der Waals surface area contributed by atoms with E-state index in [2.05, 4.69) is 0 Å². The molecule has 1 aliphatic rings. The second-order valence-corrected chi connectivity index (χ2v) is 6.81. The Morgan fingerprint density at radius 1 is 1.35 bits per heavy atom. The van der Waals surface area contributed by atoms with Gasteiger partial charge in [-0.3, -0.25) is 0 Å². The molecule has 1 heterocycles. The van der Waals surface area contributed by atoms with Gasteiger partial charge < -0.3 is 10.5 Å². The van der Waals surface area contributed by atoms with E-state index in [4.69, 9.17) is 10.5 Å². The van der Waals surface area contributed by atoms with Crippen LogP contribution in [0.4, 0.5) is 0 Å². The quantitative estimate of drug-likeness (QED) is 0.876. The molecule has 1 aliphatic heterocycles. The van der Waals surface area contributed by atoms with Crippen molar-refractivity contribution in [1.82, 2.24) is 0 Å². The van der Waals surface area contributed by atoms with Gasteiger partial charge in [-0.2, -0.15) is 0 Å². The molecular weight excluding hydrogens is 238 g/mol. The topological polar surface area (TPSA) is 69.4 Å². The second-order valence-electron chi connectivity index (χ2n) is 4.55. The van der Waals surface area contributed by atoms with Gasteiger partial charge in [0, 0.05) is 12.3 Å². The maximum atomic E-state index is 11.1. The summed E-state index contributed by atoms with van der Waals surface area (Å²) in [6.45, 7) is 1.29. The van der Waals surface area contributed by atoms with Crippen LogP contribution < -0.4 is 5.73 Å². The predicted molar refractivity (Wildman–Crippen MR) is 66.2 cm³/mol. The van der Waals surface area contributed by atoms with Crippen LogP contribution >= 0.6 is 0 Å². The van der Waals surface area contributed by atoms with Gasteiger partial charge in [-0.05, 0) is 23.1 Å². The molecular formula is C12H17NO3S. The minimum Gasteiger partial charge on any atom is -0.372 e. The Balaban J connectivity index is 2.07. The highest BCUT2D eigenvalue weighted by atomic mass is 32.2. The van der Waals surface area contributed by atoms with Gasteiger partial charge in [0.1, 0.15) is 9.84 Å². The van der Waals surface area contributed by atoms with E-state index in [1.165, 1.54) is 11.8 Å². The van der Waals surface area contributed by atoms with Crippen LogP contribution in [-0.2, 0) is 27.8 Å². The first-order chi connectivity index (χ1) is 7.96. The summed E-state index contributed by atoms with van der Waals surface area (Å²) in [4.78, 5) is 0. The highest BCUT2D eigenvalue weighted by Crippen LogP contribution is 2.24. The Bertz CT molecular complexity index is 510. The van der Waals surface area contributed by atoms with E-state index in [0.717, 1.165) is 11.1 Å². The average Bonchev–Trinajstić information content (AvgIpc) is 2.71. The molecule has 0 saturated heterocycles. The normalized spacial score (nSPS) is 16.8. The molecule has 0 saturated carbocycles. The molecule has 2 rings (SSSR count). The van der Waals surface area contributed by atoms with Crippen LogP contribution in [0, 0.1) is 0 Å². The van der Waals surface area contributed by atoms with E-state index in [-0.39, 0.29) is 11.8 Å². The first-order valence-corrected chi connectivity index (χ1v) is 7.64. The van der Waals surface area contributed by atoms with Crippen molar-refractivity contribution in [3.8, 4) is 0 Å². The lowest BCUT2D eigenvalue weighted by atomic mass is 10.0. The van der Waals surface area contributed by atoms with Gasteiger partial charge in [0.15, 0.2) is 0 Å². The molecule has 17 heavy (non-hydrogen) atoms. The molecule has 0 aliphatic carbocycles. The summed E-state index contributed by atoms with van der Waals surface area (Å²) in [5, 5.41) is 0. The molecule has 94 valence electrons. The number of rotatable bonds is 4. The first-order valence-electron chi connectivity index (χ1n) is 5.58. The van der Waals surface area contributed by atoms with Crippen molar-refractivity contribution in [1.29, 1.82) is 0 Å². The molecule has 1 atom stereocenters. The molecule has 4 nitrogen and oxygen atoms in total. The van der Waals surface area contributed by atoms with Gasteiger partial charge in [0.2, 0.25) is 0 Å². The van der Waals surface area contributed by atoms with Gasteiger partial charge in [-0.15, -0.1) is 0 Å². The zero-order valence-electron chi connectivity index (χ0n) is 9.85. The SMILES string of the molecule is CS(=O)(=O)CCC(N)c1ccc2c(c1)COC2. The van der Waals surface area contributed by atoms with Crippen LogP contribution in [0.2, 0.25) is 0 Å². The minimum atomic E-state index is -2.94. The molecule has 5 heteroatoms. The molecule has 0 bridgehead atoms. The lowest BCUT2D eigenvalue weighted by molar-refractivity contribution is 0.134. The van der Waals surface area contributed by atoms with Gasteiger partial charge >= 0.3 is 0 Å². The number of sulfone groups is 1. The van der Waals surface area contributed by atoms with Crippen molar-refractivity contribution in [2.45, 2.75) is 25.7 Å². The summed E-state index contributed by atoms with van der Waals surface area (Å²) >= 11 is 0. The molecule has 0 spiro atoms. The number of hydrogen-bond acceptors (Lipinski definition) is 4. The number of hydrogen-bond donors (Lipinski definition) is 1. The predicted octanol–water partition coefficient (Wildman–Crippen LogP) is 1.15. The van der Waals surface area contributed by atoms with Crippen molar-refractivity contribution in [2.24, 2.45) is 5.73 Å². The third-order valence-corrected chi connectivity index (χ3v) is 3.95. The van der Waals surface area contributed by atoms with E-state index in [9.17, 15) is 8.42 Å².